The first kappa shape index (κ1) is 15.5. The Morgan fingerprint density at radius 1 is 1.39 bits per heavy atom. The van der Waals surface area contributed by atoms with E-state index in [9.17, 15) is 14.3 Å². The molecule has 0 spiro atoms. The number of phenols is 1. The summed E-state index contributed by atoms with van der Waals surface area (Å²) in [6, 6.07) is 5.27. The molecular formula is C16H19FN4O2. The van der Waals surface area contributed by atoms with Crippen molar-refractivity contribution in [3.63, 3.8) is 0 Å². The van der Waals surface area contributed by atoms with Crippen molar-refractivity contribution < 1.29 is 14.3 Å². The standard InChI is InChI=1S/C16H19FN4O2/c1-21-6-4-11(5-7-21)18-16(23)14-9-13(19-20-14)12-8-10(17)2-3-15(12)22/h2-3,8-9,11,22H,4-7H2,1H3,(H,18,23)(H,19,20). The number of aromatic hydroxyl groups is 1. The average Bonchev–Trinajstić information content (AvgIpc) is 3.02. The SMILES string of the molecule is CN1CCC(NC(=O)c2cc(-c3cc(F)ccc3O)n[nH]2)CC1. The van der Waals surface area contributed by atoms with E-state index in [4.69, 9.17) is 0 Å². The molecule has 2 heterocycles. The molecule has 1 aliphatic rings. The Labute approximate surface area is 133 Å². The quantitative estimate of drug-likeness (QED) is 0.805. The molecule has 2 aromatic rings. The van der Waals surface area contributed by atoms with Crippen LogP contribution in [0.1, 0.15) is 23.3 Å². The summed E-state index contributed by atoms with van der Waals surface area (Å²) in [7, 11) is 2.06. The lowest BCUT2D eigenvalue weighted by Gasteiger charge is -2.29. The monoisotopic (exact) mass is 318 g/mol. The highest BCUT2D eigenvalue weighted by Gasteiger charge is 2.20. The van der Waals surface area contributed by atoms with Crippen LogP contribution in [-0.4, -0.2) is 52.3 Å². The minimum absolute atomic E-state index is 0.0832. The van der Waals surface area contributed by atoms with Gasteiger partial charge in [-0.3, -0.25) is 9.89 Å². The van der Waals surface area contributed by atoms with E-state index < -0.39 is 5.82 Å². The van der Waals surface area contributed by atoms with E-state index in [2.05, 4.69) is 27.5 Å². The van der Waals surface area contributed by atoms with Crippen LogP contribution in [0.25, 0.3) is 11.3 Å². The molecule has 3 rings (SSSR count). The van der Waals surface area contributed by atoms with Gasteiger partial charge in [0.25, 0.3) is 5.91 Å². The number of amides is 1. The number of phenolic OH excluding ortho intramolecular Hbond substituents is 1. The summed E-state index contributed by atoms with van der Waals surface area (Å²) in [6.07, 6.45) is 1.82. The highest BCUT2D eigenvalue weighted by atomic mass is 19.1. The summed E-state index contributed by atoms with van der Waals surface area (Å²) in [5.41, 5.74) is 0.873. The van der Waals surface area contributed by atoms with Gasteiger partial charge in [0, 0.05) is 11.6 Å². The smallest absolute Gasteiger partial charge is 0.269 e. The van der Waals surface area contributed by atoms with Crippen LogP contribution in [-0.2, 0) is 0 Å². The number of hydrogen-bond donors (Lipinski definition) is 3. The lowest BCUT2D eigenvalue weighted by atomic mass is 10.1. The number of carbonyl (C=O) groups excluding carboxylic acids is 1. The predicted molar refractivity (Wildman–Crippen MR) is 83.6 cm³/mol. The number of piperidine rings is 1. The lowest BCUT2D eigenvalue weighted by Crippen LogP contribution is -2.43. The Hall–Kier alpha value is -2.41. The number of likely N-dealkylation sites (tertiary alicyclic amines) is 1. The number of nitrogens with one attached hydrogen (secondary N) is 2. The molecule has 3 N–H and O–H groups in total. The average molecular weight is 318 g/mol. The summed E-state index contributed by atoms with van der Waals surface area (Å²) >= 11 is 0. The van der Waals surface area contributed by atoms with Crippen molar-refractivity contribution in [3.05, 3.63) is 35.8 Å². The van der Waals surface area contributed by atoms with Crippen molar-refractivity contribution in [2.24, 2.45) is 0 Å². The molecule has 122 valence electrons. The van der Waals surface area contributed by atoms with Crippen LogP contribution in [0.15, 0.2) is 24.3 Å². The molecule has 0 bridgehead atoms. The van der Waals surface area contributed by atoms with Crippen LogP contribution >= 0.6 is 0 Å². The molecule has 7 heteroatoms. The number of benzene rings is 1. The number of carbonyl (C=O) groups is 1. The third-order valence-corrected chi connectivity index (χ3v) is 4.11. The van der Waals surface area contributed by atoms with Crippen LogP contribution in [0.2, 0.25) is 0 Å². The van der Waals surface area contributed by atoms with Gasteiger partial charge in [0.1, 0.15) is 17.3 Å². The zero-order valence-corrected chi connectivity index (χ0v) is 12.8. The maximum absolute atomic E-state index is 13.3. The maximum Gasteiger partial charge on any atom is 0.269 e. The Balaban J connectivity index is 1.71. The first-order valence-electron chi connectivity index (χ1n) is 7.56. The molecule has 1 aliphatic heterocycles. The molecule has 0 saturated carbocycles. The maximum atomic E-state index is 13.3. The molecule has 6 nitrogen and oxygen atoms in total. The van der Waals surface area contributed by atoms with Gasteiger partial charge in [-0.1, -0.05) is 0 Å². The highest BCUT2D eigenvalue weighted by molar-refractivity contribution is 5.93. The minimum atomic E-state index is -0.474. The van der Waals surface area contributed by atoms with E-state index in [-0.39, 0.29) is 23.3 Å². The number of aromatic nitrogens is 2. The van der Waals surface area contributed by atoms with Crippen LogP contribution < -0.4 is 5.32 Å². The van der Waals surface area contributed by atoms with Crippen LogP contribution in [0.3, 0.4) is 0 Å². The van der Waals surface area contributed by atoms with E-state index >= 15 is 0 Å². The van der Waals surface area contributed by atoms with Crippen molar-refractivity contribution in [2.75, 3.05) is 20.1 Å². The fraction of sp³-hybridized carbons (Fsp3) is 0.375. The van der Waals surface area contributed by atoms with E-state index in [0.717, 1.165) is 25.9 Å². The van der Waals surface area contributed by atoms with Gasteiger partial charge in [-0.15, -0.1) is 0 Å². The van der Waals surface area contributed by atoms with Crippen molar-refractivity contribution in [2.45, 2.75) is 18.9 Å². The molecule has 1 aromatic carbocycles. The second-order valence-electron chi connectivity index (χ2n) is 5.88. The second kappa shape index (κ2) is 6.37. The summed E-state index contributed by atoms with van der Waals surface area (Å²) in [5.74, 6) is -0.799. The number of rotatable bonds is 3. The molecule has 1 fully saturated rings. The van der Waals surface area contributed by atoms with Gasteiger partial charge in [-0.2, -0.15) is 5.10 Å². The number of H-pyrrole nitrogens is 1. The summed E-state index contributed by atoms with van der Waals surface area (Å²) in [4.78, 5) is 14.5. The fourth-order valence-corrected chi connectivity index (χ4v) is 2.71. The third-order valence-electron chi connectivity index (χ3n) is 4.11. The van der Waals surface area contributed by atoms with Gasteiger partial charge in [-0.25, -0.2) is 4.39 Å². The largest absolute Gasteiger partial charge is 0.507 e. The van der Waals surface area contributed by atoms with Crippen LogP contribution in [0.4, 0.5) is 4.39 Å². The topological polar surface area (TPSA) is 81.2 Å². The minimum Gasteiger partial charge on any atom is -0.507 e. The molecule has 1 saturated heterocycles. The molecule has 0 radical (unpaired) electrons. The molecule has 23 heavy (non-hydrogen) atoms. The molecule has 0 aliphatic carbocycles. The number of aromatic amines is 1. The second-order valence-corrected chi connectivity index (χ2v) is 5.88. The fourth-order valence-electron chi connectivity index (χ4n) is 2.71. The number of hydrogen-bond acceptors (Lipinski definition) is 4. The number of halogens is 1. The Kier molecular flexibility index (Phi) is 4.29. The van der Waals surface area contributed by atoms with Crippen molar-refractivity contribution in [1.29, 1.82) is 0 Å². The number of nitrogens with zero attached hydrogens (tertiary/aromatic N) is 2. The lowest BCUT2D eigenvalue weighted by molar-refractivity contribution is 0.0911. The molecule has 0 atom stereocenters. The molecular weight excluding hydrogens is 299 g/mol. The summed E-state index contributed by atoms with van der Waals surface area (Å²) in [6.45, 7) is 1.91. The summed E-state index contributed by atoms with van der Waals surface area (Å²) in [5, 5.41) is 19.4. The predicted octanol–water partition coefficient (Wildman–Crippen LogP) is 1.75. The highest BCUT2D eigenvalue weighted by Crippen LogP contribution is 2.28. The first-order chi connectivity index (χ1) is 11.0. The van der Waals surface area contributed by atoms with Gasteiger partial charge in [0.05, 0.1) is 5.69 Å². The van der Waals surface area contributed by atoms with Gasteiger partial charge < -0.3 is 15.3 Å². The molecule has 0 unspecified atom stereocenters. The molecule has 1 amide bonds. The van der Waals surface area contributed by atoms with Gasteiger partial charge >= 0.3 is 0 Å². The van der Waals surface area contributed by atoms with E-state index in [0.29, 0.717) is 11.4 Å². The van der Waals surface area contributed by atoms with E-state index in [1.165, 1.54) is 24.3 Å². The Morgan fingerprint density at radius 3 is 2.87 bits per heavy atom. The van der Waals surface area contributed by atoms with Crippen molar-refractivity contribution >= 4 is 5.91 Å². The third kappa shape index (κ3) is 3.50. The zero-order valence-electron chi connectivity index (χ0n) is 12.8. The van der Waals surface area contributed by atoms with E-state index in [1.807, 2.05) is 0 Å². The first-order valence-corrected chi connectivity index (χ1v) is 7.56. The van der Waals surface area contributed by atoms with E-state index in [1.54, 1.807) is 0 Å². The normalized spacial score (nSPS) is 16.4. The zero-order chi connectivity index (χ0) is 16.4. The molecule has 1 aromatic heterocycles. The Morgan fingerprint density at radius 2 is 2.13 bits per heavy atom. The van der Waals surface area contributed by atoms with Crippen molar-refractivity contribution in [1.82, 2.24) is 20.4 Å². The van der Waals surface area contributed by atoms with Gasteiger partial charge in [0.15, 0.2) is 0 Å². The Bertz CT molecular complexity index is 708. The summed E-state index contributed by atoms with van der Waals surface area (Å²) < 4.78 is 13.3. The van der Waals surface area contributed by atoms with Gasteiger partial charge in [-0.05, 0) is 57.2 Å². The van der Waals surface area contributed by atoms with Crippen molar-refractivity contribution in [3.8, 4) is 17.0 Å². The van der Waals surface area contributed by atoms with Crippen LogP contribution in [0.5, 0.6) is 5.75 Å². The van der Waals surface area contributed by atoms with Gasteiger partial charge in [0.2, 0.25) is 0 Å². The van der Waals surface area contributed by atoms with Crippen LogP contribution in [0, 0.1) is 5.82 Å².